The summed E-state index contributed by atoms with van der Waals surface area (Å²) in [5, 5.41) is 5.81. The molecule has 0 bridgehead atoms. The fraction of sp³-hybridized carbons (Fsp3) is 0.421. The van der Waals surface area contributed by atoms with E-state index >= 15 is 0 Å². The van der Waals surface area contributed by atoms with Crippen LogP contribution in [0.1, 0.15) is 38.4 Å². The van der Waals surface area contributed by atoms with Crippen molar-refractivity contribution >= 4 is 29.5 Å². The van der Waals surface area contributed by atoms with Crippen LogP contribution in [0.25, 0.3) is 0 Å². The fourth-order valence-electron chi connectivity index (χ4n) is 4.01. The van der Waals surface area contributed by atoms with E-state index in [0.717, 1.165) is 24.2 Å². The lowest BCUT2D eigenvalue weighted by atomic mass is 9.73. The number of urea groups is 1. The Morgan fingerprint density at radius 3 is 2.72 bits per heavy atom. The molecule has 9 nitrogen and oxygen atoms in total. The van der Waals surface area contributed by atoms with Crippen molar-refractivity contribution in [3.8, 4) is 0 Å². The molecule has 1 saturated heterocycles. The zero-order valence-corrected chi connectivity index (χ0v) is 16.0. The van der Waals surface area contributed by atoms with E-state index in [0.29, 0.717) is 12.1 Å². The van der Waals surface area contributed by atoms with Gasteiger partial charge < -0.3 is 16.4 Å². The van der Waals surface area contributed by atoms with Gasteiger partial charge in [0.1, 0.15) is 11.4 Å². The van der Waals surface area contributed by atoms with Crippen LogP contribution in [0.2, 0.25) is 0 Å². The summed E-state index contributed by atoms with van der Waals surface area (Å²) in [5.41, 5.74) is 5.49. The smallest absolute Gasteiger partial charge is 0.325 e. The normalized spacial score (nSPS) is 24.1. The van der Waals surface area contributed by atoms with Crippen LogP contribution < -0.4 is 16.4 Å². The van der Waals surface area contributed by atoms with Gasteiger partial charge in [-0.2, -0.15) is 15.0 Å². The van der Waals surface area contributed by atoms with Gasteiger partial charge in [0.2, 0.25) is 11.9 Å². The summed E-state index contributed by atoms with van der Waals surface area (Å²) in [6.45, 7) is 1.89. The van der Waals surface area contributed by atoms with Crippen LogP contribution in [0.3, 0.4) is 0 Å². The summed E-state index contributed by atoms with van der Waals surface area (Å²) in [5.74, 6) is -0.264. The molecule has 2 heterocycles. The standard InChI is InChI=1S/C19H22FN7O2/c1-11-4-2-3-9-19(11)15(28)27(18(29)26-19)10-14-23-16(21)25-17(24-14)22-13-7-5-12(20)6-8-13/h5-8,11H,2-4,9-10H2,1H3,(H,26,29)(H3,21,22,23,24,25). The third-order valence-corrected chi connectivity index (χ3v) is 5.60. The Bertz CT molecular complexity index is 952. The lowest BCUT2D eigenvalue weighted by molar-refractivity contribution is -0.134. The molecule has 4 rings (SSSR count). The van der Waals surface area contributed by atoms with E-state index in [4.69, 9.17) is 5.73 Å². The molecule has 4 N–H and O–H groups in total. The van der Waals surface area contributed by atoms with E-state index in [1.54, 1.807) is 0 Å². The maximum absolute atomic E-state index is 13.1. The molecule has 1 aromatic heterocycles. The SMILES string of the molecule is CC1CCCCC12NC(=O)N(Cc1nc(N)nc(Nc3ccc(F)cc3)n1)C2=O. The fourth-order valence-corrected chi connectivity index (χ4v) is 4.01. The first-order chi connectivity index (χ1) is 13.9. The van der Waals surface area contributed by atoms with Crippen molar-refractivity contribution in [2.75, 3.05) is 11.1 Å². The summed E-state index contributed by atoms with van der Waals surface area (Å²) in [6.07, 6.45) is 3.47. The van der Waals surface area contributed by atoms with Gasteiger partial charge in [0.25, 0.3) is 5.91 Å². The molecule has 1 aliphatic carbocycles. The van der Waals surface area contributed by atoms with Crippen molar-refractivity contribution in [3.63, 3.8) is 0 Å². The molecule has 1 spiro atoms. The number of nitrogens with two attached hydrogens (primary N) is 1. The Morgan fingerprint density at radius 2 is 2.00 bits per heavy atom. The van der Waals surface area contributed by atoms with Crippen LogP contribution in [0.15, 0.2) is 24.3 Å². The Hall–Kier alpha value is -3.30. The number of nitrogens with zero attached hydrogens (tertiary/aromatic N) is 4. The number of nitrogen functional groups attached to an aromatic ring is 1. The van der Waals surface area contributed by atoms with Gasteiger partial charge in [0.15, 0.2) is 5.82 Å². The molecule has 2 aliphatic rings. The molecule has 2 fully saturated rings. The minimum Gasteiger partial charge on any atom is -0.368 e. The summed E-state index contributed by atoms with van der Waals surface area (Å²) in [7, 11) is 0. The minimum atomic E-state index is -0.844. The van der Waals surface area contributed by atoms with Gasteiger partial charge in [0.05, 0.1) is 6.54 Å². The second kappa shape index (κ2) is 7.26. The number of carbonyl (C=O) groups excluding carboxylic acids is 2. The highest BCUT2D eigenvalue weighted by Gasteiger charge is 2.54. The van der Waals surface area contributed by atoms with E-state index in [9.17, 15) is 14.0 Å². The number of hydrogen-bond donors (Lipinski definition) is 3. The van der Waals surface area contributed by atoms with E-state index in [1.807, 2.05) is 6.92 Å². The predicted molar refractivity (Wildman–Crippen MR) is 103 cm³/mol. The topological polar surface area (TPSA) is 126 Å². The second-order valence-electron chi connectivity index (χ2n) is 7.50. The maximum atomic E-state index is 13.1. The number of imide groups is 1. The molecule has 2 atom stereocenters. The van der Waals surface area contributed by atoms with E-state index < -0.39 is 11.6 Å². The maximum Gasteiger partial charge on any atom is 0.325 e. The average molecular weight is 399 g/mol. The number of rotatable bonds is 4. The first-order valence-corrected chi connectivity index (χ1v) is 9.54. The predicted octanol–water partition coefficient (Wildman–Crippen LogP) is 2.34. The highest BCUT2D eigenvalue weighted by molar-refractivity contribution is 6.07. The molecule has 29 heavy (non-hydrogen) atoms. The molecular formula is C19H22FN7O2. The molecule has 1 aromatic carbocycles. The third kappa shape index (κ3) is 3.57. The summed E-state index contributed by atoms with van der Waals surface area (Å²) in [6, 6.07) is 5.20. The first-order valence-electron chi connectivity index (χ1n) is 9.54. The van der Waals surface area contributed by atoms with Crippen LogP contribution in [-0.4, -0.2) is 37.3 Å². The van der Waals surface area contributed by atoms with Crippen LogP contribution in [-0.2, 0) is 11.3 Å². The van der Waals surface area contributed by atoms with Crippen molar-refractivity contribution < 1.29 is 14.0 Å². The number of nitrogens with one attached hydrogen (secondary N) is 2. The summed E-state index contributed by atoms with van der Waals surface area (Å²) in [4.78, 5) is 39.1. The number of amides is 3. The zero-order valence-electron chi connectivity index (χ0n) is 16.0. The molecular weight excluding hydrogens is 377 g/mol. The highest BCUT2D eigenvalue weighted by atomic mass is 19.1. The Labute approximate surface area is 166 Å². The highest BCUT2D eigenvalue weighted by Crippen LogP contribution is 2.38. The van der Waals surface area contributed by atoms with Crippen molar-refractivity contribution in [2.24, 2.45) is 5.92 Å². The lowest BCUT2D eigenvalue weighted by Gasteiger charge is -2.36. The summed E-state index contributed by atoms with van der Waals surface area (Å²) < 4.78 is 13.1. The molecule has 3 amide bonds. The van der Waals surface area contributed by atoms with E-state index in [1.165, 1.54) is 24.3 Å². The van der Waals surface area contributed by atoms with Crippen LogP contribution >= 0.6 is 0 Å². The second-order valence-corrected chi connectivity index (χ2v) is 7.50. The van der Waals surface area contributed by atoms with Crippen molar-refractivity contribution in [2.45, 2.75) is 44.7 Å². The number of halogens is 1. The van der Waals surface area contributed by atoms with Gasteiger partial charge in [-0.3, -0.25) is 9.69 Å². The van der Waals surface area contributed by atoms with Crippen molar-refractivity contribution in [3.05, 3.63) is 35.9 Å². The Morgan fingerprint density at radius 1 is 1.24 bits per heavy atom. The van der Waals surface area contributed by atoms with E-state index in [2.05, 4.69) is 25.6 Å². The zero-order chi connectivity index (χ0) is 20.6. The molecule has 10 heteroatoms. The molecule has 2 unspecified atom stereocenters. The van der Waals surface area contributed by atoms with Crippen LogP contribution in [0.4, 0.5) is 26.8 Å². The number of benzene rings is 1. The number of anilines is 3. The Kier molecular flexibility index (Phi) is 4.77. The molecule has 1 saturated carbocycles. The number of carbonyl (C=O) groups is 2. The van der Waals surface area contributed by atoms with Crippen molar-refractivity contribution in [1.82, 2.24) is 25.2 Å². The van der Waals surface area contributed by atoms with Crippen LogP contribution in [0, 0.1) is 11.7 Å². The first kappa shape index (κ1) is 19.0. The average Bonchev–Trinajstić information content (AvgIpc) is 2.91. The van der Waals surface area contributed by atoms with Gasteiger partial charge in [-0.05, 0) is 43.0 Å². The van der Waals surface area contributed by atoms with Gasteiger partial charge in [-0.1, -0.05) is 19.8 Å². The summed E-state index contributed by atoms with van der Waals surface area (Å²) >= 11 is 0. The third-order valence-electron chi connectivity index (χ3n) is 5.60. The van der Waals surface area contributed by atoms with Gasteiger partial charge in [-0.25, -0.2) is 9.18 Å². The van der Waals surface area contributed by atoms with E-state index in [-0.39, 0.29) is 41.9 Å². The number of aromatic nitrogens is 3. The van der Waals surface area contributed by atoms with Gasteiger partial charge >= 0.3 is 6.03 Å². The van der Waals surface area contributed by atoms with Crippen LogP contribution in [0.5, 0.6) is 0 Å². The number of hydrogen-bond acceptors (Lipinski definition) is 7. The molecule has 152 valence electrons. The molecule has 1 aliphatic heterocycles. The minimum absolute atomic E-state index is 0.0487. The van der Waals surface area contributed by atoms with Gasteiger partial charge in [0, 0.05) is 5.69 Å². The quantitative estimate of drug-likeness (QED) is 0.674. The molecule has 0 radical (unpaired) electrons. The van der Waals surface area contributed by atoms with Gasteiger partial charge in [-0.15, -0.1) is 0 Å². The monoisotopic (exact) mass is 399 g/mol. The largest absolute Gasteiger partial charge is 0.368 e. The Balaban J connectivity index is 1.54. The lowest BCUT2D eigenvalue weighted by Crippen LogP contribution is -2.53. The van der Waals surface area contributed by atoms with Crippen molar-refractivity contribution in [1.29, 1.82) is 0 Å². The molecule has 2 aromatic rings.